The molecule has 1 aromatic rings. The molecule has 0 fully saturated rings. The van der Waals surface area contributed by atoms with Gasteiger partial charge in [-0.15, -0.1) is 0 Å². The molecule has 5 heteroatoms. The van der Waals surface area contributed by atoms with E-state index in [0.29, 0.717) is 0 Å². The van der Waals surface area contributed by atoms with Gasteiger partial charge in [0, 0.05) is 6.92 Å². The third-order valence-electron chi connectivity index (χ3n) is 2.27. The van der Waals surface area contributed by atoms with Crippen molar-refractivity contribution in [3.8, 4) is 0 Å². The largest absolute Gasteiger partial charge is 0.459 e. The Kier molecular flexibility index (Phi) is 5.70. The fourth-order valence-corrected chi connectivity index (χ4v) is 1.47. The summed E-state index contributed by atoms with van der Waals surface area (Å²) in [4.78, 5) is 28.5. The Bertz CT molecular complexity index is 451. The fraction of sp³-hybridized carbons (Fsp3) is 0.467. The predicted molar refractivity (Wildman–Crippen MR) is 74.5 cm³/mol. The van der Waals surface area contributed by atoms with E-state index in [1.165, 1.54) is 6.92 Å². The zero-order valence-electron chi connectivity index (χ0n) is 12.4. The van der Waals surface area contributed by atoms with Crippen molar-refractivity contribution < 1.29 is 19.2 Å². The predicted octanol–water partition coefficient (Wildman–Crippen LogP) is 2.31. The number of amides is 1. The first-order valence-corrected chi connectivity index (χ1v) is 6.45. The molecular formula is C15H21NO4. The minimum absolute atomic E-state index is 0.223. The molecule has 0 bridgehead atoms. The molecule has 5 nitrogen and oxygen atoms in total. The van der Waals surface area contributed by atoms with Crippen molar-refractivity contribution >= 4 is 11.9 Å². The van der Waals surface area contributed by atoms with Gasteiger partial charge in [-0.1, -0.05) is 30.3 Å². The molecule has 20 heavy (non-hydrogen) atoms. The number of rotatable bonds is 5. The molecule has 0 aromatic heterocycles. The maximum absolute atomic E-state index is 11.7. The molecule has 0 spiro atoms. The zero-order valence-corrected chi connectivity index (χ0v) is 12.4. The lowest BCUT2D eigenvalue weighted by Crippen LogP contribution is -2.37. The van der Waals surface area contributed by atoms with E-state index in [4.69, 9.17) is 9.57 Å². The van der Waals surface area contributed by atoms with Crippen molar-refractivity contribution in [1.29, 1.82) is 0 Å². The van der Waals surface area contributed by atoms with Crippen LogP contribution in [0.5, 0.6) is 0 Å². The number of nitrogens with zero attached hydrogens (tertiary/aromatic N) is 1. The van der Waals surface area contributed by atoms with Crippen molar-refractivity contribution in [3.63, 3.8) is 0 Å². The van der Waals surface area contributed by atoms with Gasteiger partial charge in [0.15, 0.2) is 0 Å². The van der Waals surface area contributed by atoms with Crippen LogP contribution < -0.4 is 0 Å². The quantitative estimate of drug-likeness (QED) is 0.613. The number of carbonyl (C=O) groups is 2. The summed E-state index contributed by atoms with van der Waals surface area (Å²) in [5.41, 5.74) is 0.335. The van der Waals surface area contributed by atoms with E-state index < -0.39 is 11.6 Å². The summed E-state index contributed by atoms with van der Waals surface area (Å²) in [5.74, 6) is -0.840. The molecule has 0 aliphatic carbocycles. The van der Waals surface area contributed by atoms with Crippen LogP contribution in [0.3, 0.4) is 0 Å². The maximum atomic E-state index is 11.7. The van der Waals surface area contributed by atoms with Gasteiger partial charge in [0.05, 0.1) is 0 Å². The van der Waals surface area contributed by atoms with Gasteiger partial charge in [0.25, 0.3) is 0 Å². The zero-order chi connectivity index (χ0) is 15.2. The standard InChI is InChI=1S/C15H21NO4/c1-12(17)16(10-14(18)20-15(2,3)4)19-11-13-8-6-5-7-9-13/h5-9H,10-11H2,1-4H3. The monoisotopic (exact) mass is 279 g/mol. The first-order chi connectivity index (χ1) is 9.28. The summed E-state index contributed by atoms with van der Waals surface area (Å²) in [6.07, 6.45) is 0. The van der Waals surface area contributed by atoms with Crippen LogP contribution in [0.25, 0.3) is 0 Å². The summed E-state index contributed by atoms with van der Waals surface area (Å²) in [6, 6.07) is 9.42. The van der Waals surface area contributed by atoms with Crippen molar-refractivity contribution in [2.24, 2.45) is 0 Å². The molecule has 0 radical (unpaired) electrons. The van der Waals surface area contributed by atoms with Crippen LogP contribution in [0.4, 0.5) is 0 Å². The van der Waals surface area contributed by atoms with E-state index in [2.05, 4.69) is 0 Å². The second-order valence-corrected chi connectivity index (χ2v) is 5.40. The molecule has 0 unspecified atom stereocenters. The lowest BCUT2D eigenvalue weighted by molar-refractivity contribution is -0.199. The molecular weight excluding hydrogens is 258 g/mol. The normalized spacial score (nSPS) is 11.0. The lowest BCUT2D eigenvalue weighted by atomic mass is 10.2. The molecule has 0 saturated heterocycles. The van der Waals surface area contributed by atoms with Gasteiger partial charge in [0.1, 0.15) is 18.8 Å². The Balaban J connectivity index is 2.53. The maximum Gasteiger partial charge on any atom is 0.328 e. The van der Waals surface area contributed by atoms with Gasteiger partial charge in [-0.25, -0.2) is 5.06 Å². The van der Waals surface area contributed by atoms with Gasteiger partial charge in [-0.3, -0.25) is 14.4 Å². The Morgan fingerprint density at radius 1 is 1.15 bits per heavy atom. The van der Waals surface area contributed by atoms with Gasteiger partial charge in [-0.2, -0.15) is 0 Å². The summed E-state index contributed by atoms with van der Waals surface area (Å²) in [6.45, 7) is 6.66. The van der Waals surface area contributed by atoms with Gasteiger partial charge in [-0.05, 0) is 26.3 Å². The molecule has 1 rings (SSSR count). The first kappa shape index (κ1) is 16.2. The molecule has 110 valence electrons. The Hall–Kier alpha value is -1.88. The average molecular weight is 279 g/mol. The molecule has 1 aromatic carbocycles. The molecule has 0 aliphatic heterocycles. The molecule has 0 saturated carbocycles. The van der Waals surface area contributed by atoms with E-state index in [0.717, 1.165) is 10.6 Å². The SMILES string of the molecule is CC(=O)N(CC(=O)OC(C)(C)C)OCc1ccccc1. The highest BCUT2D eigenvalue weighted by molar-refractivity contribution is 5.79. The highest BCUT2D eigenvalue weighted by Gasteiger charge is 2.21. The molecule has 0 atom stereocenters. The Morgan fingerprint density at radius 2 is 1.75 bits per heavy atom. The van der Waals surface area contributed by atoms with Crippen molar-refractivity contribution in [3.05, 3.63) is 35.9 Å². The number of hydrogen-bond acceptors (Lipinski definition) is 4. The number of esters is 1. The van der Waals surface area contributed by atoms with E-state index in [1.54, 1.807) is 20.8 Å². The Morgan fingerprint density at radius 3 is 2.25 bits per heavy atom. The smallest absolute Gasteiger partial charge is 0.328 e. The van der Waals surface area contributed by atoms with E-state index in [-0.39, 0.29) is 19.1 Å². The van der Waals surface area contributed by atoms with Gasteiger partial charge >= 0.3 is 5.97 Å². The second kappa shape index (κ2) is 7.05. The molecule has 0 heterocycles. The van der Waals surface area contributed by atoms with Crippen LogP contribution in [-0.4, -0.2) is 29.1 Å². The lowest BCUT2D eigenvalue weighted by Gasteiger charge is -2.23. The number of ether oxygens (including phenoxy) is 1. The van der Waals surface area contributed by atoms with Crippen LogP contribution in [0.1, 0.15) is 33.3 Å². The molecule has 1 amide bonds. The van der Waals surface area contributed by atoms with Crippen LogP contribution in [0, 0.1) is 0 Å². The van der Waals surface area contributed by atoms with Gasteiger partial charge in [0.2, 0.25) is 5.91 Å². The third-order valence-corrected chi connectivity index (χ3v) is 2.27. The third kappa shape index (κ3) is 6.33. The summed E-state index contributed by atoms with van der Waals surface area (Å²) >= 11 is 0. The van der Waals surface area contributed by atoms with Crippen LogP contribution in [-0.2, 0) is 25.8 Å². The van der Waals surface area contributed by atoms with Crippen LogP contribution >= 0.6 is 0 Å². The van der Waals surface area contributed by atoms with Crippen molar-refractivity contribution in [2.75, 3.05) is 6.54 Å². The van der Waals surface area contributed by atoms with E-state index in [9.17, 15) is 9.59 Å². The highest BCUT2D eigenvalue weighted by atomic mass is 16.7. The summed E-state index contributed by atoms with van der Waals surface area (Å²) < 4.78 is 5.16. The number of hydrogen-bond donors (Lipinski definition) is 0. The second-order valence-electron chi connectivity index (χ2n) is 5.40. The van der Waals surface area contributed by atoms with Crippen LogP contribution in [0.2, 0.25) is 0 Å². The first-order valence-electron chi connectivity index (χ1n) is 6.45. The average Bonchev–Trinajstić information content (AvgIpc) is 2.33. The van der Waals surface area contributed by atoms with Crippen molar-refractivity contribution in [1.82, 2.24) is 5.06 Å². The van der Waals surface area contributed by atoms with Crippen molar-refractivity contribution in [2.45, 2.75) is 39.9 Å². The molecule has 0 aliphatic rings. The van der Waals surface area contributed by atoms with E-state index in [1.807, 2.05) is 30.3 Å². The minimum atomic E-state index is -0.584. The number of benzene rings is 1. The number of hydroxylamine groups is 2. The minimum Gasteiger partial charge on any atom is -0.459 e. The number of carbonyl (C=O) groups excluding carboxylic acids is 2. The topological polar surface area (TPSA) is 55.8 Å². The highest BCUT2D eigenvalue weighted by Crippen LogP contribution is 2.09. The Labute approximate surface area is 119 Å². The van der Waals surface area contributed by atoms with E-state index >= 15 is 0 Å². The van der Waals surface area contributed by atoms with Gasteiger partial charge < -0.3 is 4.74 Å². The fourth-order valence-electron chi connectivity index (χ4n) is 1.47. The molecule has 0 N–H and O–H groups in total. The summed E-state index contributed by atoms with van der Waals surface area (Å²) in [5, 5.41) is 1.01. The van der Waals surface area contributed by atoms with Crippen LogP contribution in [0.15, 0.2) is 30.3 Å². The summed E-state index contributed by atoms with van der Waals surface area (Å²) in [7, 11) is 0.